The molecule has 0 radical (unpaired) electrons. The van der Waals surface area contributed by atoms with Crippen molar-refractivity contribution < 1.29 is 23.9 Å². The van der Waals surface area contributed by atoms with Gasteiger partial charge in [-0.05, 0) is 59.8 Å². The average molecular weight is 612 g/mol. The van der Waals surface area contributed by atoms with Crippen molar-refractivity contribution in [2.45, 2.75) is 98.6 Å². The second-order valence-electron chi connectivity index (χ2n) is 14.1. The molecule has 0 spiro atoms. The Balaban J connectivity index is 1.55. The maximum atomic E-state index is 15.4. The SMILES string of the molecule is Cc1ncsc1-c1ccc(CNC(=O)[C@@H]2[C@@H](F)[C@@H](O)CN2C(=O)[C@@H](NC(=O)C2(C#N)CC2)C(C)(C)C)c(CC(C)(C)C)c1. The number of β-amino-alcohol motifs (C(OH)–C–C–N with tert-alkyl or cyclic N) is 1. The van der Waals surface area contributed by atoms with Gasteiger partial charge in [0, 0.05) is 6.54 Å². The Hall–Kier alpha value is -3.36. The Morgan fingerprint density at radius 3 is 2.42 bits per heavy atom. The van der Waals surface area contributed by atoms with Gasteiger partial charge >= 0.3 is 0 Å². The third kappa shape index (κ3) is 7.07. The smallest absolute Gasteiger partial charge is 0.246 e. The molecular formula is C32H42FN5O4S. The van der Waals surface area contributed by atoms with Crippen LogP contribution >= 0.6 is 11.3 Å². The molecular weight excluding hydrogens is 569 g/mol. The summed E-state index contributed by atoms with van der Waals surface area (Å²) in [5.74, 6) is -1.95. The van der Waals surface area contributed by atoms with Crippen molar-refractivity contribution in [1.29, 1.82) is 5.26 Å². The minimum absolute atomic E-state index is 0.0417. The largest absolute Gasteiger partial charge is 0.388 e. The van der Waals surface area contributed by atoms with E-state index in [2.05, 4.69) is 42.5 Å². The Bertz CT molecular complexity index is 1430. The van der Waals surface area contributed by atoms with Crippen LogP contribution in [0.5, 0.6) is 0 Å². The van der Waals surface area contributed by atoms with E-state index in [9.17, 15) is 24.8 Å². The molecule has 1 aromatic carbocycles. The van der Waals surface area contributed by atoms with E-state index in [0.717, 1.165) is 38.6 Å². The fourth-order valence-electron chi connectivity index (χ4n) is 5.45. The number of alkyl halides is 1. The molecule has 0 unspecified atom stereocenters. The predicted octanol–water partition coefficient (Wildman–Crippen LogP) is 4.07. The highest BCUT2D eigenvalue weighted by atomic mass is 32.1. The first-order valence-electron chi connectivity index (χ1n) is 14.6. The lowest BCUT2D eigenvalue weighted by Crippen LogP contribution is -2.59. The van der Waals surface area contributed by atoms with Crippen LogP contribution in [0.15, 0.2) is 23.7 Å². The van der Waals surface area contributed by atoms with E-state index in [1.165, 1.54) is 0 Å². The number of thiazole rings is 1. The number of amides is 3. The summed E-state index contributed by atoms with van der Waals surface area (Å²) in [6.45, 7) is 13.3. The zero-order valence-corrected chi connectivity index (χ0v) is 26.8. The number of hydrogen-bond donors (Lipinski definition) is 3. The van der Waals surface area contributed by atoms with Crippen LogP contribution in [0, 0.1) is 34.5 Å². The van der Waals surface area contributed by atoms with Crippen LogP contribution in [-0.4, -0.2) is 63.6 Å². The molecule has 9 nitrogen and oxygen atoms in total. The topological polar surface area (TPSA) is 135 Å². The van der Waals surface area contributed by atoms with Gasteiger partial charge in [0.25, 0.3) is 0 Å². The molecule has 232 valence electrons. The number of likely N-dealkylation sites (tertiary alicyclic amines) is 1. The third-order valence-electron chi connectivity index (χ3n) is 8.12. The van der Waals surface area contributed by atoms with Crippen molar-refractivity contribution in [3.8, 4) is 16.5 Å². The summed E-state index contributed by atoms with van der Waals surface area (Å²) in [5.41, 5.74) is 3.68. The summed E-state index contributed by atoms with van der Waals surface area (Å²) < 4.78 is 15.4. The van der Waals surface area contributed by atoms with E-state index in [4.69, 9.17) is 0 Å². The number of nitriles is 1. The second kappa shape index (κ2) is 12.0. The fourth-order valence-corrected chi connectivity index (χ4v) is 6.25. The number of carbonyl (C=O) groups excluding carboxylic acids is 3. The molecule has 2 heterocycles. The lowest BCUT2D eigenvalue weighted by Gasteiger charge is -2.35. The molecule has 11 heteroatoms. The fraction of sp³-hybridized carbons (Fsp3) is 0.594. The lowest BCUT2D eigenvalue weighted by molar-refractivity contribution is -0.145. The highest BCUT2D eigenvalue weighted by Gasteiger charge is 2.54. The summed E-state index contributed by atoms with van der Waals surface area (Å²) in [6.07, 6.45) is -2.01. The molecule has 1 aromatic heterocycles. The van der Waals surface area contributed by atoms with Crippen LogP contribution in [0.1, 0.15) is 71.2 Å². The van der Waals surface area contributed by atoms with Crippen molar-refractivity contribution in [1.82, 2.24) is 20.5 Å². The molecule has 3 amide bonds. The van der Waals surface area contributed by atoms with Crippen LogP contribution in [0.2, 0.25) is 0 Å². The number of benzene rings is 1. The number of carbonyl (C=O) groups is 3. The molecule has 2 aromatic rings. The molecule has 0 bridgehead atoms. The first-order chi connectivity index (χ1) is 20.0. The number of aliphatic hydroxyl groups excluding tert-OH is 1. The first-order valence-corrected chi connectivity index (χ1v) is 15.5. The number of nitrogens with one attached hydrogen (secondary N) is 2. The van der Waals surface area contributed by atoms with Gasteiger partial charge in [0.15, 0.2) is 6.17 Å². The van der Waals surface area contributed by atoms with Gasteiger partial charge in [-0.15, -0.1) is 11.3 Å². The molecule has 3 N–H and O–H groups in total. The van der Waals surface area contributed by atoms with Crippen LogP contribution in [0.4, 0.5) is 4.39 Å². The minimum Gasteiger partial charge on any atom is -0.388 e. The number of aliphatic hydroxyl groups is 1. The minimum atomic E-state index is -2.00. The molecule has 4 rings (SSSR count). The van der Waals surface area contributed by atoms with Crippen LogP contribution in [0.25, 0.3) is 10.4 Å². The predicted molar refractivity (Wildman–Crippen MR) is 162 cm³/mol. The van der Waals surface area contributed by atoms with Crippen LogP contribution in [0.3, 0.4) is 0 Å². The molecule has 1 aliphatic heterocycles. The van der Waals surface area contributed by atoms with Gasteiger partial charge in [-0.3, -0.25) is 14.4 Å². The summed E-state index contributed by atoms with van der Waals surface area (Å²) in [6, 6.07) is 5.35. The van der Waals surface area contributed by atoms with Gasteiger partial charge < -0.3 is 20.6 Å². The monoisotopic (exact) mass is 611 g/mol. The first kappa shape index (κ1) is 32.6. The second-order valence-corrected chi connectivity index (χ2v) is 15.0. The van der Waals surface area contributed by atoms with Crippen molar-refractivity contribution in [2.75, 3.05) is 6.54 Å². The quantitative estimate of drug-likeness (QED) is 0.412. The van der Waals surface area contributed by atoms with Gasteiger partial charge in [0.2, 0.25) is 17.7 Å². The Kier molecular flexibility index (Phi) is 9.06. The van der Waals surface area contributed by atoms with Gasteiger partial charge in [-0.25, -0.2) is 9.37 Å². The van der Waals surface area contributed by atoms with Gasteiger partial charge in [-0.1, -0.05) is 53.7 Å². The Morgan fingerprint density at radius 1 is 1.21 bits per heavy atom. The number of rotatable bonds is 8. The summed E-state index contributed by atoms with van der Waals surface area (Å²) >= 11 is 1.56. The van der Waals surface area contributed by atoms with Crippen molar-refractivity contribution in [3.63, 3.8) is 0 Å². The van der Waals surface area contributed by atoms with Crippen molar-refractivity contribution in [2.24, 2.45) is 16.2 Å². The van der Waals surface area contributed by atoms with E-state index < -0.39 is 52.9 Å². The summed E-state index contributed by atoms with van der Waals surface area (Å²) in [4.78, 5) is 46.6. The standard InChI is InChI=1S/C32H42FN5O4S/c1-18-25(43-17-36-18)19-8-9-20(21(12-19)13-30(2,3)4)14-35-27(40)24-23(33)22(39)15-38(24)28(41)26(31(5,6)7)37-29(42)32(16-34)10-11-32/h8-9,12,17,22-24,26,39H,10-11,13-15H2,1-7H3,(H,35,40)(H,37,42)/t22-,23-,24-,26+/m0/s1. The van der Waals surface area contributed by atoms with Crippen molar-refractivity contribution >= 4 is 29.1 Å². The van der Waals surface area contributed by atoms with E-state index in [1.54, 1.807) is 32.1 Å². The third-order valence-corrected chi connectivity index (χ3v) is 9.09. The lowest BCUT2D eigenvalue weighted by atomic mass is 9.85. The molecule has 1 saturated heterocycles. The molecule has 43 heavy (non-hydrogen) atoms. The molecule has 1 saturated carbocycles. The van der Waals surface area contributed by atoms with E-state index in [0.29, 0.717) is 12.8 Å². The summed E-state index contributed by atoms with van der Waals surface area (Å²) in [7, 11) is 0. The van der Waals surface area contributed by atoms with E-state index >= 15 is 4.39 Å². The highest BCUT2D eigenvalue weighted by Crippen LogP contribution is 2.45. The number of hydrogen-bond acceptors (Lipinski definition) is 7. The number of aromatic nitrogens is 1. The Morgan fingerprint density at radius 2 is 1.88 bits per heavy atom. The van der Waals surface area contributed by atoms with Gasteiger partial charge in [0.1, 0.15) is 23.6 Å². The van der Waals surface area contributed by atoms with Crippen molar-refractivity contribution in [3.05, 3.63) is 40.5 Å². The zero-order chi connectivity index (χ0) is 31.9. The Labute approximate surface area is 256 Å². The molecule has 2 fully saturated rings. The summed E-state index contributed by atoms with van der Waals surface area (Å²) in [5, 5.41) is 25.3. The molecule has 1 aliphatic carbocycles. The number of nitrogens with zero attached hydrogens (tertiary/aromatic N) is 3. The van der Waals surface area contributed by atoms with Crippen LogP contribution < -0.4 is 10.6 Å². The normalized spacial score (nSPS) is 22.0. The average Bonchev–Trinajstić information content (AvgIpc) is 3.51. The van der Waals surface area contributed by atoms with E-state index in [1.807, 2.05) is 30.6 Å². The highest BCUT2D eigenvalue weighted by molar-refractivity contribution is 7.13. The molecule has 4 atom stereocenters. The van der Waals surface area contributed by atoms with Crippen LogP contribution in [-0.2, 0) is 27.3 Å². The number of halogens is 1. The maximum Gasteiger partial charge on any atom is 0.246 e. The number of aryl methyl sites for hydroxylation is 1. The maximum absolute atomic E-state index is 15.4. The molecule has 2 aliphatic rings. The zero-order valence-electron chi connectivity index (χ0n) is 26.0. The van der Waals surface area contributed by atoms with E-state index in [-0.39, 0.29) is 18.5 Å². The van der Waals surface area contributed by atoms with Gasteiger partial charge in [0.05, 0.1) is 28.7 Å². The van der Waals surface area contributed by atoms with Gasteiger partial charge in [-0.2, -0.15) is 5.26 Å².